The molecule has 2 aliphatic heterocycles. The van der Waals surface area contributed by atoms with Crippen molar-refractivity contribution in [2.75, 3.05) is 49.1 Å². The molecule has 158 valence electrons. The van der Waals surface area contributed by atoms with Crippen molar-refractivity contribution in [3.8, 4) is 0 Å². The standard InChI is InChI=1S/C20H24N6O4/c1-2-30-20(27)24-12-10-23(11-13-24)18-17(26(28)29)19(22-14-21-18)25-9-5-7-15-6-3-4-8-16(15)25/h3-4,6,8,14H,2,5,7,9-13H2,1H3. The summed E-state index contributed by atoms with van der Waals surface area (Å²) in [4.78, 5) is 37.5. The Morgan fingerprint density at radius 2 is 1.87 bits per heavy atom. The van der Waals surface area contributed by atoms with Crippen LogP contribution in [0.2, 0.25) is 0 Å². The number of aryl methyl sites for hydroxylation is 1. The van der Waals surface area contributed by atoms with Gasteiger partial charge in [-0.2, -0.15) is 0 Å². The summed E-state index contributed by atoms with van der Waals surface area (Å²) in [5.74, 6) is 0.599. The van der Waals surface area contributed by atoms with Gasteiger partial charge < -0.3 is 19.4 Å². The molecule has 4 rings (SSSR count). The molecule has 0 bridgehead atoms. The van der Waals surface area contributed by atoms with Crippen molar-refractivity contribution in [1.29, 1.82) is 0 Å². The number of para-hydroxylation sites is 1. The van der Waals surface area contributed by atoms with Crippen LogP contribution in [0.3, 0.4) is 0 Å². The van der Waals surface area contributed by atoms with Gasteiger partial charge in [0, 0.05) is 38.4 Å². The van der Waals surface area contributed by atoms with E-state index in [-0.39, 0.29) is 17.6 Å². The molecule has 0 atom stereocenters. The number of anilines is 3. The molecule has 2 aromatic rings. The maximum Gasteiger partial charge on any atom is 0.409 e. The molecule has 10 nitrogen and oxygen atoms in total. The van der Waals surface area contributed by atoms with Crippen LogP contribution in [-0.4, -0.2) is 65.2 Å². The number of hydrogen-bond acceptors (Lipinski definition) is 8. The van der Waals surface area contributed by atoms with Gasteiger partial charge in [-0.15, -0.1) is 0 Å². The first-order valence-corrected chi connectivity index (χ1v) is 10.1. The Bertz CT molecular complexity index is 945. The monoisotopic (exact) mass is 412 g/mol. The minimum Gasteiger partial charge on any atom is -0.450 e. The first-order valence-electron chi connectivity index (χ1n) is 10.1. The molecule has 30 heavy (non-hydrogen) atoms. The van der Waals surface area contributed by atoms with E-state index >= 15 is 0 Å². The highest BCUT2D eigenvalue weighted by Crippen LogP contribution is 2.40. The van der Waals surface area contributed by atoms with E-state index < -0.39 is 4.92 Å². The molecular formula is C20H24N6O4. The van der Waals surface area contributed by atoms with Crippen molar-refractivity contribution in [2.45, 2.75) is 19.8 Å². The predicted molar refractivity (Wildman–Crippen MR) is 111 cm³/mol. The summed E-state index contributed by atoms with van der Waals surface area (Å²) in [5.41, 5.74) is 2.00. The molecule has 10 heteroatoms. The molecule has 0 radical (unpaired) electrons. The number of ether oxygens (including phenoxy) is 1. The zero-order valence-corrected chi connectivity index (χ0v) is 16.9. The summed E-state index contributed by atoms with van der Waals surface area (Å²) in [6, 6.07) is 7.92. The van der Waals surface area contributed by atoms with Gasteiger partial charge in [-0.05, 0) is 31.4 Å². The fourth-order valence-corrected chi connectivity index (χ4v) is 4.02. The average molecular weight is 412 g/mol. The lowest BCUT2D eigenvalue weighted by molar-refractivity contribution is -0.383. The second-order valence-corrected chi connectivity index (χ2v) is 7.18. The number of nitro groups is 1. The average Bonchev–Trinajstić information content (AvgIpc) is 2.78. The van der Waals surface area contributed by atoms with Gasteiger partial charge >= 0.3 is 11.8 Å². The van der Waals surface area contributed by atoms with Gasteiger partial charge in [0.05, 0.1) is 11.5 Å². The Kier molecular flexibility index (Phi) is 5.64. The predicted octanol–water partition coefficient (Wildman–Crippen LogP) is 2.75. The first kappa shape index (κ1) is 19.9. The van der Waals surface area contributed by atoms with E-state index in [1.54, 1.807) is 11.8 Å². The summed E-state index contributed by atoms with van der Waals surface area (Å²) in [6.45, 7) is 4.45. The minimum atomic E-state index is -0.403. The van der Waals surface area contributed by atoms with Crippen molar-refractivity contribution in [2.24, 2.45) is 0 Å². The van der Waals surface area contributed by atoms with Crippen molar-refractivity contribution >= 4 is 29.1 Å². The molecule has 0 unspecified atom stereocenters. The SMILES string of the molecule is CCOC(=O)N1CCN(c2ncnc(N3CCCc4ccccc43)c2[N+](=O)[O-])CC1. The fourth-order valence-electron chi connectivity index (χ4n) is 4.02. The lowest BCUT2D eigenvalue weighted by atomic mass is 10.0. The van der Waals surface area contributed by atoms with Gasteiger partial charge in [-0.25, -0.2) is 14.8 Å². The van der Waals surface area contributed by atoms with E-state index in [0.29, 0.717) is 45.1 Å². The fraction of sp³-hybridized carbons (Fsp3) is 0.450. The van der Waals surface area contributed by atoms with E-state index in [1.165, 1.54) is 6.33 Å². The van der Waals surface area contributed by atoms with Gasteiger partial charge in [0.25, 0.3) is 0 Å². The van der Waals surface area contributed by atoms with Crippen LogP contribution in [0.15, 0.2) is 30.6 Å². The maximum absolute atomic E-state index is 12.1. The molecule has 1 amide bonds. The van der Waals surface area contributed by atoms with Gasteiger partial charge in [-0.3, -0.25) is 10.1 Å². The molecule has 0 saturated carbocycles. The number of benzene rings is 1. The number of hydrogen-bond donors (Lipinski definition) is 0. The van der Waals surface area contributed by atoms with Crippen LogP contribution in [0.4, 0.5) is 27.8 Å². The van der Waals surface area contributed by atoms with Crippen LogP contribution < -0.4 is 9.80 Å². The maximum atomic E-state index is 12.1. The quantitative estimate of drug-likeness (QED) is 0.558. The third kappa shape index (κ3) is 3.72. The number of piperazine rings is 1. The van der Waals surface area contributed by atoms with E-state index in [4.69, 9.17) is 4.74 Å². The Labute approximate surface area is 174 Å². The molecular weight excluding hydrogens is 388 g/mol. The smallest absolute Gasteiger partial charge is 0.409 e. The lowest BCUT2D eigenvalue weighted by Crippen LogP contribution is -2.49. The van der Waals surface area contributed by atoms with Crippen LogP contribution >= 0.6 is 0 Å². The van der Waals surface area contributed by atoms with Crippen molar-refractivity contribution in [1.82, 2.24) is 14.9 Å². The molecule has 1 saturated heterocycles. The highest BCUT2D eigenvalue weighted by Gasteiger charge is 2.34. The van der Waals surface area contributed by atoms with Crippen LogP contribution in [0.25, 0.3) is 0 Å². The Balaban J connectivity index is 1.64. The third-order valence-corrected chi connectivity index (χ3v) is 5.44. The zero-order valence-electron chi connectivity index (χ0n) is 16.9. The summed E-state index contributed by atoms with van der Waals surface area (Å²) in [6.07, 6.45) is 2.85. The summed E-state index contributed by atoms with van der Waals surface area (Å²) < 4.78 is 5.04. The molecule has 0 aliphatic carbocycles. The van der Waals surface area contributed by atoms with Crippen LogP contribution in [0.5, 0.6) is 0 Å². The highest BCUT2D eigenvalue weighted by atomic mass is 16.6. The van der Waals surface area contributed by atoms with Gasteiger partial charge in [0.2, 0.25) is 11.6 Å². The van der Waals surface area contributed by atoms with E-state index in [9.17, 15) is 14.9 Å². The van der Waals surface area contributed by atoms with Crippen LogP contribution in [-0.2, 0) is 11.2 Å². The molecule has 1 aromatic carbocycles. The Hall–Kier alpha value is -3.43. The third-order valence-electron chi connectivity index (χ3n) is 5.44. The molecule has 3 heterocycles. The van der Waals surface area contributed by atoms with Gasteiger partial charge in [0.1, 0.15) is 6.33 Å². The molecule has 2 aliphatic rings. The number of carbonyl (C=O) groups excluding carboxylic acids is 1. The van der Waals surface area contributed by atoms with Crippen molar-refractivity contribution in [3.63, 3.8) is 0 Å². The van der Waals surface area contributed by atoms with Gasteiger partial charge in [-0.1, -0.05) is 18.2 Å². The Morgan fingerprint density at radius 3 is 2.60 bits per heavy atom. The molecule has 1 aromatic heterocycles. The number of carbonyl (C=O) groups is 1. The number of aromatic nitrogens is 2. The van der Waals surface area contributed by atoms with E-state index in [1.807, 2.05) is 34.1 Å². The second kappa shape index (κ2) is 8.52. The van der Waals surface area contributed by atoms with E-state index in [0.717, 1.165) is 24.1 Å². The molecule has 0 N–H and O–H groups in total. The van der Waals surface area contributed by atoms with Gasteiger partial charge in [0.15, 0.2) is 0 Å². The highest BCUT2D eigenvalue weighted by molar-refractivity contribution is 5.78. The first-order chi connectivity index (χ1) is 14.6. The molecule has 0 spiro atoms. The number of rotatable bonds is 4. The zero-order chi connectivity index (χ0) is 21.1. The Morgan fingerprint density at radius 1 is 1.13 bits per heavy atom. The number of amides is 1. The van der Waals surface area contributed by atoms with Crippen LogP contribution in [0.1, 0.15) is 18.9 Å². The number of nitrogens with zero attached hydrogens (tertiary/aromatic N) is 6. The minimum absolute atomic E-state index is 0.0983. The van der Waals surface area contributed by atoms with Crippen molar-refractivity contribution in [3.05, 3.63) is 46.3 Å². The normalized spacial score (nSPS) is 16.2. The summed E-state index contributed by atoms with van der Waals surface area (Å²) in [7, 11) is 0. The topological polar surface area (TPSA) is 105 Å². The largest absolute Gasteiger partial charge is 0.450 e. The van der Waals surface area contributed by atoms with E-state index in [2.05, 4.69) is 9.97 Å². The lowest BCUT2D eigenvalue weighted by Gasteiger charge is -2.35. The molecule has 1 fully saturated rings. The van der Waals surface area contributed by atoms with Crippen LogP contribution in [0, 0.1) is 10.1 Å². The second-order valence-electron chi connectivity index (χ2n) is 7.18. The number of fused-ring (bicyclic) bond motifs is 1. The summed E-state index contributed by atoms with van der Waals surface area (Å²) >= 11 is 0. The summed E-state index contributed by atoms with van der Waals surface area (Å²) in [5, 5.41) is 12.1. The van der Waals surface area contributed by atoms with Crippen molar-refractivity contribution < 1.29 is 14.5 Å².